The van der Waals surface area contributed by atoms with Crippen molar-refractivity contribution in [1.82, 2.24) is 5.32 Å². The molecule has 0 spiro atoms. The van der Waals surface area contributed by atoms with Crippen molar-refractivity contribution in [1.29, 1.82) is 0 Å². The lowest BCUT2D eigenvalue weighted by Crippen LogP contribution is -2.51. The number of nitrogens with two attached hydrogens (primary N) is 1. The van der Waals surface area contributed by atoms with Crippen LogP contribution in [-0.4, -0.2) is 30.7 Å². The van der Waals surface area contributed by atoms with Crippen molar-refractivity contribution in [3.05, 3.63) is 0 Å². The number of rotatable bonds is 4. The molecule has 2 aliphatic rings. The molecule has 1 amide bonds. The van der Waals surface area contributed by atoms with Crippen LogP contribution in [0.2, 0.25) is 0 Å². The Balaban J connectivity index is 1.73. The average molecular weight is 240 g/mol. The molecular weight excluding hydrogens is 216 g/mol. The maximum atomic E-state index is 11.9. The number of ether oxygens (including phenoxy) is 1. The van der Waals surface area contributed by atoms with Gasteiger partial charge in [0.25, 0.3) is 0 Å². The van der Waals surface area contributed by atoms with Crippen molar-refractivity contribution >= 4 is 5.91 Å². The molecule has 1 heterocycles. The molecule has 17 heavy (non-hydrogen) atoms. The molecule has 1 aliphatic carbocycles. The molecule has 98 valence electrons. The van der Waals surface area contributed by atoms with Gasteiger partial charge in [-0.05, 0) is 44.9 Å². The van der Waals surface area contributed by atoms with Crippen LogP contribution in [0, 0.1) is 5.92 Å². The maximum Gasteiger partial charge on any atom is 0.222 e. The van der Waals surface area contributed by atoms with Gasteiger partial charge in [0.15, 0.2) is 0 Å². The zero-order valence-corrected chi connectivity index (χ0v) is 10.7. The third-order valence-corrected chi connectivity index (χ3v) is 4.22. The SMILES string of the molecule is CC(NC(=O)CC1(N)CCC1)C1CCOCC1. The molecule has 4 nitrogen and oxygen atoms in total. The molecule has 1 atom stereocenters. The van der Waals surface area contributed by atoms with Gasteiger partial charge in [-0.1, -0.05) is 0 Å². The zero-order valence-electron chi connectivity index (χ0n) is 10.7. The van der Waals surface area contributed by atoms with Crippen LogP contribution >= 0.6 is 0 Å². The van der Waals surface area contributed by atoms with Gasteiger partial charge >= 0.3 is 0 Å². The van der Waals surface area contributed by atoms with Crippen molar-refractivity contribution < 1.29 is 9.53 Å². The molecule has 1 aliphatic heterocycles. The summed E-state index contributed by atoms with van der Waals surface area (Å²) in [5.74, 6) is 0.675. The summed E-state index contributed by atoms with van der Waals surface area (Å²) in [4.78, 5) is 11.9. The molecule has 0 aromatic heterocycles. The van der Waals surface area contributed by atoms with E-state index < -0.39 is 0 Å². The monoisotopic (exact) mass is 240 g/mol. The molecule has 2 rings (SSSR count). The highest BCUT2D eigenvalue weighted by atomic mass is 16.5. The van der Waals surface area contributed by atoms with Crippen molar-refractivity contribution in [3.8, 4) is 0 Å². The molecule has 1 unspecified atom stereocenters. The van der Waals surface area contributed by atoms with E-state index in [1.165, 1.54) is 6.42 Å². The van der Waals surface area contributed by atoms with E-state index in [-0.39, 0.29) is 17.5 Å². The highest BCUT2D eigenvalue weighted by Gasteiger charge is 2.35. The van der Waals surface area contributed by atoms with Gasteiger partial charge in [-0.3, -0.25) is 4.79 Å². The quantitative estimate of drug-likeness (QED) is 0.776. The van der Waals surface area contributed by atoms with Gasteiger partial charge in [0, 0.05) is 31.2 Å². The largest absolute Gasteiger partial charge is 0.381 e. The molecule has 3 N–H and O–H groups in total. The number of amides is 1. The topological polar surface area (TPSA) is 64.4 Å². The van der Waals surface area contributed by atoms with E-state index in [9.17, 15) is 4.79 Å². The normalized spacial score (nSPS) is 26.0. The summed E-state index contributed by atoms with van der Waals surface area (Å²) in [6.07, 6.45) is 5.74. The Morgan fingerprint density at radius 2 is 2.12 bits per heavy atom. The Morgan fingerprint density at radius 3 is 2.65 bits per heavy atom. The summed E-state index contributed by atoms with van der Waals surface area (Å²) in [5.41, 5.74) is 5.87. The zero-order chi connectivity index (χ0) is 12.3. The first-order chi connectivity index (χ1) is 8.09. The molecule has 0 radical (unpaired) electrons. The summed E-state index contributed by atoms with van der Waals surface area (Å²) in [6, 6.07) is 0.245. The molecule has 4 heteroatoms. The maximum absolute atomic E-state index is 11.9. The van der Waals surface area contributed by atoms with Crippen molar-refractivity contribution in [2.45, 2.75) is 57.0 Å². The highest BCUT2D eigenvalue weighted by Crippen LogP contribution is 2.32. The van der Waals surface area contributed by atoms with Crippen LogP contribution in [-0.2, 0) is 9.53 Å². The van der Waals surface area contributed by atoms with Crippen LogP contribution in [0.5, 0.6) is 0 Å². The first-order valence-corrected chi connectivity index (χ1v) is 6.75. The van der Waals surface area contributed by atoms with Crippen molar-refractivity contribution in [2.24, 2.45) is 11.7 Å². The Labute approximate surface area is 103 Å². The highest BCUT2D eigenvalue weighted by molar-refractivity contribution is 5.77. The predicted molar refractivity (Wildman–Crippen MR) is 66.5 cm³/mol. The average Bonchev–Trinajstić information content (AvgIpc) is 2.28. The Hall–Kier alpha value is -0.610. The van der Waals surface area contributed by atoms with Crippen LogP contribution in [0.1, 0.15) is 45.4 Å². The second-order valence-electron chi connectivity index (χ2n) is 5.70. The van der Waals surface area contributed by atoms with E-state index in [1.54, 1.807) is 0 Å². The van der Waals surface area contributed by atoms with E-state index >= 15 is 0 Å². The fourth-order valence-corrected chi connectivity index (χ4v) is 2.77. The number of hydrogen-bond acceptors (Lipinski definition) is 3. The van der Waals surface area contributed by atoms with Crippen LogP contribution in [0.25, 0.3) is 0 Å². The van der Waals surface area contributed by atoms with Crippen LogP contribution in [0.4, 0.5) is 0 Å². The summed E-state index contributed by atoms with van der Waals surface area (Å²) in [6.45, 7) is 3.75. The lowest BCUT2D eigenvalue weighted by molar-refractivity contribution is -0.124. The lowest BCUT2D eigenvalue weighted by atomic mass is 9.75. The predicted octanol–water partition coefficient (Wildman–Crippen LogP) is 1.19. The molecule has 0 bridgehead atoms. The minimum absolute atomic E-state index is 0.117. The smallest absolute Gasteiger partial charge is 0.222 e. The van der Waals surface area contributed by atoms with E-state index in [1.807, 2.05) is 0 Å². The van der Waals surface area contributed by atoms with E-state index in [4.69, 9.17) is 10.5 Å². The van der Waals surface area contributed by atoms with Gasteiger partial charge in [-0.25, -0.2) is 0 Å². The fourth-order valence-electron chi connectivity index (χ4n) is 2.77. The number of hydrogen-bond donors (Lipinski definition) is 2. The van der Waals surface area contributed by atoms with E-state index in [0.717, 1.165) is 38.9 Å². The first-order valence-electron chi connectivity index (χ1n) is 6.75. The second-order valence-corrected chi connectivity index (χ2v) is 5.70. The van der Waals surface area contributed by atoms with Gasteiger partial charge < -0.3 is 15.8 Å². The lowest BCUT2D eigenvalue weighted by Gasteiger charge is -2.38. The summed E-state index contributed by atoms with van der Waals surface area (Å²) >= 11 is 0. The van der Waals surface area contributed by atoms with Crippen LogP contribution in [0.15, 0.2) is 0 Å². The first kappa shape index (κ1) is 12.8. The van der Waals surface area contributed by atoms with E-state index in [0.29, 0.717) is 12.3 Å². The summed E-state index contributed by atoms with van der Waals surface area (Å²) in [7, 11) is 0. The van der Waals surface area contributed by atoms with Crippen LogP contribution in [0.3, 0.4) is 0 Å². The molecule has 1 saturated heterocycles. The minimum Gasteiger partial charge on any atom is -0.381 e. The molecule has 2 fully saturated rings. The number of carbonyl (C=O) groups excluding carboxylic acids is 1. The fraction of sp³-hybridized carbons (Fsp3) is 0.923. The molecule has 0 aromatic rings. The Bertz CT molecular complexity index is 271. The molecular formula is C13H24N2O2. The minimum atomic E-state index is -0.209. The van der Waals surface area contributed by atoms with Gasteiger partial charge in [-0.2, -0.15) is 0 Å². The third kappa shape index (κ3) is 3.42. The van der Waals surface area contributed by atoms with Crippen molar-refractivity contribution in [3.63, 3.8) is 0 Å². The van der Waals surface area contributed by atoms with Gasteiger partial charge in [0.1, 0.15) is 0 Å². The Kier molecular flexibility index (Phi) is 4.05. The second kappa shape index (κ2) is 5.36. The number of nitrogens with one attached hydrogen (secondary N) is 1. The molecule has 1 saturated carbocycles. The molecule has 0 aromatic carbocycles. The van der Waals surface area contributed by atoms with Gasteiger partial charge in [0.05, 0.1) is 0 Å². The van der Waals surface area contributed by atoms with Gasteiger partial charge in [0.2, 0.25) is 5.91 Å². The van der Waals surface area contributed by atoms with Gasteiger partial charge in [-0.15, -0.1) is 0 Å². The Morgan fingerprint density at radius 1 is 1.47 bits per heavy atom. The van der Waals surface area contributed by atoms with E-state index in [2.05, 4.69) is 12.2 Å². The summed E-state index contributed by atoms with van der Waals surface area (Å²) < 4.78 is 5.33. The van der Waals surface area contributed by atoms with Crippen molar-refractivity contribution in [2.75, 3.05) is 13.2 Å². The van der Waals surface area contributed by atoms with Crippen LogP contribution < -0.4 is 11.1 Å². The third-order valence-electron chi connectivity index (χ3n) is 4.22. The number of carbonyl (C=O) groups is 1. The standard InChI is InChI=1S/C13H24N2O2/c1-10(11-3-7-17-8-4-11)15-12(16)9-13(14)5-2-6-13/h10-11H,2-9,14H2,1H3,(H,15,16). The summed E-state index contributed by atoms with van der Waals surface area (Å²) in [5, 5.41) is 3.10.